The number of carbonyl (C=O) groups is 2. The predicted octanol–water partition coefficient (Wildman–Crippen LogP) is 2.29. The van der Waals surface area contributed by atoms with Gasteiger partial charge in [0.15, 0.2) is 0 Å². The van der Waals surface area contributed by atoms with E-state index in [0.717, 1.165) is 62.1 Å². The van der Waals surface area contributed by atoms with Gasteiger partial charge in [-0.1, -0.05) is 0 Å². The maximum absolute atomic E-state index is 12.5. The van der Waals surface area contributed by atoms with Crippen LogP contribution in [0.15, 0.2) is 18.2 Å². The molecule has 2 heterocycles. The number of benzene rings is 1. The Morgan fingerprint density at radius 2 is 2.04 bits per heavy atom. The van der Waals surface area contributed by atoms with Gasteiger partial charge in [0.1, 0.15) is 0 Å². The molecule has 23 heavy (non-hydrogen) atoms. The van der Waals surface area contributed by atoms with Crippen LogP contribution in [-0.4, -0.2) is 24.9 Å². The zero-order valence-corrected chi connectivity index (χ0v) is 13.3. The Hall–Kier alpha value is -1.88. The van der Waals surface area contributed by atoms with Gasteiger partial charge in [0, 0.05) is 23.7 Å². The molecule has 2 fully saturated rings. The number of carbonyl (C=O) groups excluding carboxylic acids is 2. The molecule has 1 aliphatic carbocycles. The Balaban J connectivity index is 1.44. The van der Waals surface area contributed by atoms with E-state index in [1.807, 2.05) is 18.2 Å². The van der Waals surface area contributed by atoms with Crippen molar-refractivity contribution in [2.75, 3.05) is 23.7 Å². The van der Waals surface area contributed by atoms with Crippen molar-refractivity contribution in [2.45, 2.75) is 38.5 Å². The monoisotopic (exact) mass is 313 g/mol. The van der Waals surface area contributed by atoms with E-state index < -0.39 is 0 Å². The zero-order chi connectivity index (χ0) is 15.9. The highest BCUT2D eigenvalue weighted by Gasteiger charge is 2.57. The van der Waals surface area contributed by atoms with E-state index in [9.17, 15) is 9.59 Å². The van der Waals surface area contributed by atoms with Crippen molar-refractivity contribution in [3.05, 3.63) is 23.8 Å². The number of hydrogen-bond donors (Lipinski definition) is 3. The molecular formula is C18H23N3O2. The van der Waals surface area contributed by atoms with Crippen LogP contribution < -0.4 is 16.0 Å². The van der Waals surface area contributed by atoms with Gasteiger partial charge in [-0.2, -0.15) is 0 Å². The van der Waals surface area contributed by atoms with Gasteiger partial charge in [-0.25, -0.2) is 0 Å². The summed E-state index contributed by atoms with van der Waals surface area (Å²) in [5, 5.41) is 9.38. The molecule has 4 rings (SSSR count). The number of amides is 2. The molecule has 2 amide bonds. The molecule has 1 aromatic carbocycles. The summed E-state index contributed by atoms with van der Waals surface area (Å²) in [5.41, 5.74) is 3.10. The molecule has 122 valence electrons. The van der Waals surface area contributed by atoms with Crippen molar-refractivity contribution in [3.8, 4) is 0 Å². The third-order valence-corrected chi connectivity index (χ3v) is 5.60. The highest BCUT2D eigenvalue weighted by molar-refractivity contribution is 5.96. The van der Waals surface area contributed by atoms with E-state index in [2.05, 4.69) is 16.0 Å². The fourth-order valence-corrected chi connectivity index (χ4v) is 4.08. The standard InChI is InChI=1S/C18H23N3O2/c22-16-3-1-2-12-10-13(4-5-15(12)21-16)20-17(23)14-11-18(14)6-8-19-9-7-18/h4-5,10,14,19H,1-3,6-9,11H2,(H,20,23)(H,21,22). The first kappa shape index (κ1) is 14.7. The molecular weight excluding hydrogens is 290 g/mol. The zero-order valence-electron chi connectivity index (χ0n) is 13.3. The molecule has 1 unspecified atom stereocenters. The number of aryl methyl sites for hydroxylation is 1. The molecule has 3 aliphatic rings. The van der Waals surface area contributed by atoms with Gasteiger partial charge >= 0.3 is 0 Å². The summed E-state index contributed by atoms with van der Waals surface area (Å²) in [6, 6.07) is 5.80. The van der Waals surface area contributed by atoms with Crippen LogP contribution in [0.4, 0.5) is 11.4 Å². The Morgan fingerprint density at radius 1 is 1.22 bits per heavy atom. The average molecular weight is 313 g/mol. The van der Waals surface area contributed by atoms with Crippen LogP contribution in [0.25, 0.3) is 0 Å². The first-order chi connectivity index (χ1) is 11.2. The fourth-order valence-electron chi connectivity index (χ4n) is 4.08. The van der Waals surface area contributed by atoms with E-state index in [1.165, 1.54) is 0 Å². The summed E-state index contributed by atoms with van der Waals surface area (Å²) >= 11 is 0. The van der Waals surface area contributed by atoms with Gasteiger partial charge in [-0.05, 0) is 74.4 Å². The first-order valence-corrected chi connectivity index (χ1v) is 8.61. The van der Waals surface area contributed by atoms with E-state index in [1.54, 1.807) is 0 Å². The van der Waals surface area contributed by atoms with E-state index in [0.29, 0.717) is 6.42 Å². The van der Waals surface area contributed by atoms with Crippen LogP contribution in [0.5, 0.6) is 0 Å². The van der Waals surface area contributed by atoms with E-state index >= 15 is 0 Å². The minimum atomic E-state index is 0.0753. The Morgan fingerprint density at radius 3 is 2.87 bits per heavy atom. The van der Waals surface area contributed by atoms with Gasteiger partial charge in [0.25, 0.3) is 0 Å². The number of anilines is 2. The summed E-state index contributed by atoms with van der Waals surface area (Å²) in [5.74, 6) is 0.402. The average Bonchev–Trinajstić information content (AvgIpc) is 3.26. The van der Waals surface area contributed by atoms with Crippen LogP contribution >= 0.6 is 0 Å². The first-order valence-electron chi connectivity index (χ1n) is 8.61. The van der Waals surface area contributed by atoms with Crippen molar-refractivity contribution >= 4 is 23.2 Å². The van der Waals surface area contributed by atoms with Crippen molar-refractivity contribution < 1.29 is 9.59 Å². The van der Waals surface area contributed by atoms with Gasteiger partial charge in [-0.3, -0.25) is 9.59 Å². The van der Waals surface area contributed by atoms with Gasteiger partial charge < -0.3 is 16.0 Å². The van der Waals surface area contributed by atoms with Crippen LogP contribution in [0.3, 0.4) is 0 Å². The maximum Gasteiger partial charge on any atom is 0.228 e. The maximum atomic E-state index is 12.5. The molecule has 1 saturated heterocycles. The van der Waals surface area contributed by atoms with Crippen molar-refractivity contribution in [1.82, 2.24) is 5.32 Å². The topological polar surface area (TPSA) is 70.2 Å². The molecule has 0 bridgehead atoms. The summed E-state index contributed by atoms with van der Waals surface area (Å²) in [6.45, 7) is 2.06. The number of hydrogen-bond acceptors (Lipinski definition) is 3. The third kappa shape index (κ3) is 2.85. The molecule has 5 heteroatoms. The van der Waals surface area contributed by atoms with Crippen LogP contribution in [0.2, 0.25) is 0 Å². The van der Waals surface area contributed by atoms with Crippen molar-refractivity contribution in [2.24, 2.45) is 11.3 Å². The number of fused-ring (bicyclic) bond motifs is 1. The normalized spacial score (nSPS) is 25.2. The fraction of sp³-hybridized carbons (Fsp3) is 0.556. The van der Waals surface area contributed by atoms with Crippen LogP contribution in [0.1, 0.15) is 37.7 Å². The SMILES string of the molecule is O=C1CCCc2cc(NC(=O)C3CC34CCNCC4)ccc2N1. The molecule has 5 nitrogen and oxygen atoms in total. The van der Waals surface area contributed by atoms with Gasteiger partial charge in [0.05, 0.1) is 0 Å². The Bertz CT molecular complexity index is 650. The van der Waals surface area contributed by atoms with Crippen molar-refractivity contribution in [1.29, 1.82) is 0 Å². The van der Waals surface area contributed by atoms with Gasteiger partial charge in [-0.15, -0.1) is 0 Å². The molecule has 0 aromatic heterocycles. The minimum absolute atomic E-state index is 0.0753. The quantitative estimate of drug-likeness (QED) is 0.784. The summed E-state index contributed by atoms with van der Waals surface area (Å²) < 4.78 is 0. The highest BCUT2D eigenvalue weighted by atomic mass is 16.2. The molecule has 1 atom stereocenters. The Labute approximate surface area is 136 Å². The smallest absolute Gasteiger partial charge is 0.228 e. The Kier molecular flexibility index (Phi) is 3.60. The third-order valence-electron chi connectivity index (χ3n) is 5.60. The lowest BCUT2D eigenvalue weighted by Gasteiger charge is -2.23. The van der Waals surface area contributed by atoms with Gasteiger partial charge in [0.2, 0.25) is 11.8 Å². The van der Waals surface area contributed by atoms with Crippen molar-refractivity contribution in [3.63, 3.8) is 0 Å². The lowest BCUT2D eigenvalue weighted by atomic mass is 9.92. The second-order valence-electron chi connectivity index (χ2n) is 7.13. The lowest BCUT2D eigenvalue weighted by Crippen LogP contribution is -2.31. The summed E-state index contributed by atoms with van der Waals surface area (Å²) in [6.07, 6.45) is 5.55. The summed E-state index contributed by atoms with van der Waals surface area (Å²) in [4.78, 5) is 24.1. The minimum Gasteiger partial charge on any atom is -0.326 e. The van der Waals surface area contributed by atoms with E-state index in [4.69, 9.17) is 0 Å². The number of nitrogens with one attached hydrogen (secondary N) is 3. The largest absolute Gasteiger partial charge is 0.326 e. The lowest BCUT2D eigenvalue weighted by molar-refractivity contribution is -0.118. The van der Waals surface area contributed by atoms with Crippen LogP contribution in [-0.2, 0) is 16.0 Å². The number of piperidine rings is 1. The highest BCUT2D eigenvalue weighted by Crippen LogP contribution is 2.58. The molecule has 1 aromatic rings. The second kappa shape index (κ2) is 5.64. The number of rotatable bonds is 2. The summed E-state index contributed by atoms with van der Waals surface area (Å²) in [7, 11) is 0. The molecule has 1 saturated carbocycles. The molecule has 3 N–H and O–H groups in total. The second-order valence-corrected chi connectivity index (χ2v) is 7.13. The van der Waals surface area contributed by atoms with Crippen LogP contribution in [0, 0.1) is 11.3 Å². The molecule has 2 aliphatic heterocycles. The predicted molar refractivity (Wildman–Crippen MR) is 89.3 cm³/mol. The van der Waals surface area contributed by atoms with E-state index in [-0.39, 0.29) is 23.1 Å². The molecule has 0 radical (unpaired) electrons. The molecule has 1 spiro atoms.